The summed E-state index contributed by atoms with van der Waals surface area (Å²) in [4.78, 5) is 26.8. The van der Waals surface area contributed by atoms with Crippen LogP contribution >= 0.6 is 11.6 Å². The zero-order chi connectivity index (χ0) is 19.1. The number of amides is 1. The van der Waals surface area contributed by atoms with E-state index in [1.54, 1.807) is 0 Å². The molecule has 1 aromatic heterocycles. The van der Waals surface area contributed by atoms with E-state index in [0.717, 1.165) is 67.7 Å². The van der Waals surface area contributed by atoms with Crippen LogP contribution < -0.4 is 4.90 Å². The van der Waals surface area contributed by atoms with E-state index in [1.165, 1.54) is 25.7 Å². The predicted octanol–water partition coefficient (Wildman–Crippen LogP) is 4.15. The molecule has 0 N–H and O–H groups in total. The molecule has 2 aromatic rings. The summed E-state index contributed by atoms with van der Waals surface area (Å²) in [6.45, 7) is 3.74. The van der Waals surface area contributed by atoms with Crippen LogP contribution in [0.4, 0.5) is 5.82 Å². The fourth-order valence-electron chi connectivity index (χ4n) is 5.33. The minimum atomic E-state index is 0.170. The van der Waals surface area contributed by atoms with Gasteiger partial charge in [0.15, 0.2) is 0 Å². The number of carbonyl (C=O) groups excluding carboxylic acids is 1. The summed E-state index contributed by atoms with van der Waals surface area (Å²) < 4.78 is 0. The van der Waals surface area contributed by atoms with Gasteiger partial charge in [0.05, 0.1) is 17.2 Å². The molecule has 3 aliphatic rings. The first-order valence-corrected chi connectivity index (χ1v) is 11.0. The van der Waals surface area contributed by atoms with Gasteiger partial charge in [-0.05, 0) is 55.7 Å². The van der Waals surface area contributed by atoms with Gasteiger partial charge in [-0.3, -0.25) is 9.78 Å². The van der Waals surface area contributed by atoms with Gasteiger partial charge in [0.25, 0.3) is 0 Å². The monoisotopic (exact) mass is 398 g/mol. The molecule has 2 atom stereocenters. The molecule has 1 aliphatic carbocycles. The third-order valence-corrected chi connectivity index (χ3v) is 7.18. The molecule has 2 unspecified atom stereocenters. The molecule has 28 heavy (non-hydrogen) atoms. The van der Waals surface area contributed by atoms with Crippen molar-refractivity contribution < 1.29 is 4.79 Å². The topological polar surface area (TPSA) is 49.3 Å². The minimum absolute atomic E-state index is 0.170. The molecule has 1 saturated carbocycles. The van der Waals surface area contributed by atoms with Gasteiger partial charge in [-0.15, -0.1) is 0 Å². The molecule has 0 radical (unpaired) electrons. The average Bonchev–Trinajstić information content (AvgIpc) is 3.17. The fraction of sp³-hybridized carbons (Fsp3) is 0.591. The molecular weight excluding hydrogens is 372 g/mol. The number of fused-ring (bicyclic) bond motifs is 2. The Labute approximate surface area is 171 Å². The normalized spacial score (nSPS) is 25.9. The van der Waals surface area contributed by atoms with Gasteiger partial charge >= 0.3 is 0 Å². The number of piperidine rings is 1. The average molecular weight is 399 g/mol. The minimum Gasteiger partial charge on any atom is -0.355 e. The van der Waals surface area contributed by atoms with Crippen molar-refractivity contribution >= 4 is 34.4 Å². The smallest absolute Gasteiger partial charge is 0.225 e. The van der Waals surface area contributed by atoms with E-state index in [2.05, 4.69) is 14.8 Å². The van der Waals surface area contributed by atoms with Crippen molar-refractivity contribution in [3.8, 4) is 0 Å². The fourth-order valence-corrected chi connectivity index (χ4v) is 5.49. The second-order valence-corrected chi connectivity index (χ2v) is 9.11. The van der Waals surface area contributed by atoms with Crippen LogP contribution in [0.2, 0.25) is 5.02 Å². The number of hydrogen-bond donors (Lipinski definition) is 0. The zero-order valence-electron chi connectivity index (χ0n) is 16.2. The number of aromatic nitrogens is 2. The lowest BCUT2D eigenvalue weighted by atomic mass is 9.82. The molecular formula is C22H27ClN4O. The molecule has 2 aliphatic heterocycles. The Morgan fingerprint density at radius 2 is 1.71 bits per heavy atom. The van der Waals surface area contributed by atoms with E-state index < -0.39 is 0 Å². The molecule has 3 heterocycles. The number of rotatable bonds is 2. The van der Waals surface area contributed by atoms with Crippen molar-refractivity contribution in [2.24, 2.45) is 17.8 Å². The third kappa shape index (κ3) is 3.45. The molecule has 5 nitrogen and oxygen atoms in total. The number of halogens is 1. The summed E-state index contributed by atoms with van der Waals surface area (Å²) in [5.41, 5.74) is 1.68. The summed E-state index contributed by atoms with van der Waals surface area (Å²) in [7, 11) is 0. The Morgan fingerprint density at radius 3 is 2.43 bits per heavy atom. The van der Waals surface area contributed by atoms with E-state index in [-0.39, 0.29) is 5.92 Å². The van der Waals surface area contributed by atoms with Crippen LogP contribution in [-0.2, 0) is 4.79 Å². The van der Waals surface area contributed by atoms with Crippen LogP contribution in [0.5, 0.6) is 0 Å². The summed E-state index contributed by atoms with van der Waals surface area (Å²) in [6, 6.07) is 5.60. The standard InChI is InChI=1S/C22H27ClN4O/c23-18-5-6-19-20(11-18)24-12-21(25-19)26-9-7-15(8-10-26)22(28)27-13-16-3-1-2-4-17(16)14-27/h5-6,11-12,15-17H,1-4,7-10,13-14H2. The lowest BCUT2D eigenvalue weighted by Gasteiger charge is -2.33. The maximum atomic E-state index is 13.1. The predicted molar refractivity (Wildman–Crippen MR) is 112 cm³/mol. The van der Waals surface area contributed by atoms with Gasteiger partial charge in [0.1, 0.15) is 5.82 Å². The number of anilines is 1. The van der Waals surface area contributed by atoms with E-state index >= 15 is 0 Å². The summed E-state index contributed by atoms with van der Waals surface area (Å²) in [5, 5.41) is 0.677. The van der Waals surface area contributed by atoms with E-state index in [4.69, 9.17) is 16.6 Å². The molecule has 6 heteroatoms. The largest absolute Gasteiger partial charge is 0.355 e. The van der Waals surface area contributed by atoms with Gasteiger partial charge in [-0.25, -0.2) is 4.98 Å². The van der Waals surface area contributed by atoms with Crippen molar-refractivity contribution in [2.45, 2.75) is 38.5 Å². The quantitative estimate of drug-likeness (QED) is 0.762. The number of likely N-dealkylation sites (tertiary alicyclic amines) is 1. The van der Waals surface area contributed by atoms with Crippen LogP contribution in [-0.4, -0.2) is 47.0 Å². The molecule has 5 rings (SSSR count). The molecule has 0 bridgehead atoms. The van der Waals surface area contributed by atoms with Crippen LogP contribution in [0.15, 0.2) is 24.4 Å². The van der Waals surface area contributed by atoms with Crippen LogP contribution in [0.1, 0.15) is 38.5 Å². The molecule has 148 valence electrons. The number of benzene rings is 1. The summed E-state index contributed by atoms with van der Waals surface area (Å²) >= 11 is 6.03. The molecule has 1 amide bonds. The molecule has 0 spiro atoms. The maximum absolute atomic E-state index is 13.1. The Morgan fingerprint density at radius 1 is 1.00 bits per heavy atom. The Kier molecular flexibility index (Phi) is 4.87. The van der Waals surface area contributed by atoms with E-state index in [9.17, 15) is 4.79 Å². The first-order valence-electron chi connectivity index (χ1n) is 10.6. The highest BCUT2D eigenvalue weighted by Crippen LogP contribution is 2.37. The Hall–Kier alpha value is -1.88. The lowest BCUT2D eigenvalue weighted by Crippen LogP contribution is -2.42. The van der Waals surface area contributed by atoms with E-state index in [1.807, 2.05) is 24.4 Å². The highest BCUT2D eigenvalue weighted by molar-refractivity contribution is 6.31. The zero-order valence-corrected chi connectivity index (χ0v) is 16.9. The van der Waals surface area contributed by atoms with Gasteiger partial charge in [0, 0.05) is 37.1 Å². The maximum Gasteiger partial charge on any atom is 0.225 e. The van der Waals surface area contributed by atoms with Gasteiger partial charge in [0.2, 0.25) is 5.91 Å². The van der Waals surface area contributed by atoms with Crippen LogP contribution in [0, 0.1) is 17.8 Å². The molecule has 3 fully saturated rings. The number of nitrogens with zero attached hydrogens (tertiary/aromatic N) is 4. The van der Waals surface area contributed by atoms with Crippen molar-refractivity contribution in [1.29, 1.82) is 0 Å². The second-order valence-electron chi connectivity index (χ2n) is 8.67. The SMILES string of the molecule is O=C(C1CCN(c2cnc3cc(Cl)ccc3n2)CC1)N1CC2CCCCC2C1. The van der Waals surface area contributed by atoms with Gasteiger partial charge in [-0.2, -0.15) is 0 Å². The lowest BCUT2D eigenvalue weighted by molar-refractivity contribution is -0.135. The van der Waals surface area contributed by atoms with E-state index in [0.29, 0.717) is 10.9 Å². The highest BCUT2D eigenvalue weighted by Gasteiger charge is 2.39. The van der Waals surface area contributed by atoms with Gasteiger partial charge in [-0.1, -0.05) is 24.4 Å². The van der Waals surface area contributed by atoms with Gasteiger partial charge < -0.3 is 9.80 Å². The third-order valence-electron chi connectivity index (χ3n) is 6.95. The number of carbonyl (C=O) groups is 1. The van der Waals surface area contributed by atoms with Crippen molar-refractivity contribution in [2.75, 3.05) is 31.1 Å². The van der Waals surface area contributed by atoms with Crippen molar-refractivity contribution in [1.82, 2.24) is 14.9 Å². The molecule has 1 aromatic carbocycles. The van der Waals surface area contributed by atoms with Crippen LogP contribution in [0.25, 0.3) is 11.0 Å². The summed E-state index contributed by atoms with van der Waals surface area (Å²) in [6.07, 6.45) is 8.97. The summed E-state index contributed by atoms with van der Waals surface area (Å²) in [5.74, 6) is 2.99. The Balaban J connectivity index is 1.21. The second kappa shape index (κ2) is 7.51. The highest BCUT2D eigenvalue weighted by atomic mass is 35.5. The van der Waals surface area contributed by atoms with Crippen molar-refractivity contribution in [3.63, 3.8) is 0 Å². The molecule has 2 saturated heterocycles. The Bertz CT molecular complexity index is 866. The first kappa shape index (κ1) is 18.2. The van der Waals surface area contributed by atoms with Crippen LogP contribution in [0.3, 0.4) is 0 Å². The number of hydrogen-bond acceptors (Lipinski definition) is 4. The first-order chi connectivity index (χ1) is 13.7. The van der Waals surface area contributed by atoms with Crippen molar-refractivity contribution in [3.05, 3.63) is 29.4 Å².